The highest BCUT2D eigenvalue weighted by Crippen LogP contribution is 2.33. The largest absolute Gasteiger partial charge is 0.302 e. The molecule has 1 saturated carbocycles. The number of nitrogens with one attached hydrogen (secondary N) is 1. The fourth-order valence-corrected chi connectivity index (χ4v) is 2.91. The van der Waals surface area contributed by atoms with Gasteiger partial charge in [-0.1, -0.05) is 13.8 Å². The first-order chi connectivity index (χ1) is 7.62. The molecule has 2 unspecified atom stereocenters. The summed E-state index contributed by atoms with van der Waals surface area (Å²) in [6, 6.07) is 3.68. The van der Waals surface area contributed by atoms with Gasteiger partial charge in [0.25, 0.3) is 0 Å². The summed E-state index contributed by atoms with van der Waals surface area (Å²) in [4.78, 5) is 2.48. The summed E-state index contributed by atoms with van der Waals surface area (Å²) in [5.74, 6) is 0. The highest BCUT2D eigenvalue weighted by atomic mass is 15.2. The zero-order chi connectivity index (χ0) is 12.2. The number of hydrogen-bond donors (Lipinski definition) is 1. The van der Waals surface area contributed by atoms with E-state index in [9.17, 15) is 5.26 Å². The lowest BCUT2D eigenvalue weighted by atomic mass is 9.99. The van der Waals surface area contributed by atoms with Crippen molar-refractivity contribution in [1.82, 2.24) is 10.2 Å². The third-order valence-electron chi connectivity index (χ3n) is 4.28. The maximum Gasteiger partial charge on any atom is 0.108 e. The molecule has 0 spiro atoms. The van der Waals surface area contributed by atoms with Crippen LogP contribution in [0.5, 0.6) is 0 Å². The molecular weight excluding hydrogens is 198 g/mol. The minimum absolute atomic E-state index is 0.273. The highest BCUT2D eigenvalue weighted by Gasteiger charge is 2.40. The van der Waals surface area contributed by atoms with E-state index in [1.54, 1.807) is 0 Å². The molecule has 0 aromatic rings. The van der Waals surface area contributed by atoms with Gasteiger partial charge in [-0.2, -0.15) is 5.26 Å². The molecule has 2 atom stereocenters. The van der Waals surface area contributed by atoms with E-state index in [1.807, 2.05) is 7.05 Å². The molecule has 1 fully saturated rings. The van der Waals surface area contributed by atoms with Crippen LogP contribution in [0.3, 0.4) is 0 Å². The summed E-state index contributed by atoms with van der Waals surface area (Å²) in [5, 5.41) is 12.4. The van der Waals surface area contributed by atoms with Gasteiger partial charge in [0.15, 0.2) is 0 Å². The summed E-state index contributed by atoms with van der Waals surface area (Å²) in [5.41, 5.74) is -0.273. The van der Waals surface area contributed by atoms with Gasteiger partial charge in [0.1, 0.15) is 5.54 Å². The molecule has 0 heterocycles. The second-order valence-electron chi connectivity index (χ2n) is 4.98. The van der Waals surface area contributed by atoms with Crippen molar-refractivity contribution in [2.45, 2.75) is 63.6 Å². The van der Waals surface area contributed by atoms with Crippen molar-refractivity contribution in [2.24, 2.45) is 0 Å². The number of nitrogens with zero attached hydrogens (tertiary/aromatic N) is 2. The Morgan fingerprint density at radius 2 is 2.12 bits per heavy atom. The summed E-state index contributed by atoms with van der Waals surface area (Å²) in [6.45, 7) is 4.49. The minimum atomic E-state index is -0.273. The maximum absolute atomic E-state index is 9.24. The monoisotopic (exact) mass is 223 g/mol. The number of rotatable bonds is 5. The second-order valence-corrected chi connectivity index (χ2v) is 4.98. The van der Waals surface area contributed by atoms with E-state index >= 15 is 0 Å². The predicted octanol–water partition coefficient (Wildman–Crippen LogP) is 2.14. The first-order valence-corrected chi connectivity index (χ1v) is 6.44. The van der Waals surface area contributed by atoms with Gasteiger partial charge in [-0.15, -0.1) is 0 Å². The van der Waals surface area contributed by atoms with Crippen molar-refractivity contribution >= 4 is 0 Å². The van der Waals surface area contributed by atoms with Gasteiger partial charge >= 0.3 is 0 Å². The van der Waals surface area contributed by atoms with Gasteiger partial charge < -0.3 is 10.2 Å². The van der Waals surface area contributed by atoms with Crippen LogP contribution in [0.4, 0.5) is 0 Å². The molecule has 3 nitrogen and oxygen atoms in total. The molecule has 0 aliphatic heterocycles. The number of nitriles is 1. The normalized spacial score (nSPS) is 29.9. The molecule has 0 bridgehead atoms. The SMILES string of the molecule is CCC(CC)N(C)C1CCC(C#N)(NC)C1. The average Bonchev–Trinajstić information content (AvgIpc) is 2.75. The van der Waals surface area contributed by atoms with Gasteiger partial charge in [-0.05, 0) is 46.2 Å². The quantitative estimate of drug-likeness (QED) is 0.776. The third kappa shape index (κ3) is 2.56. The van der Waals surface area contributed by atoms with E-state index in [2.05, 4.69) is 37.2 Å². The van der Waals surface area contributed by atoms with Gasteiger partial charge in [0.2, 0.25) is 0 Å². The molecule has 3 heteroatoms. The van der Waals surface area contributed by atoms with Gasteiger partial charge in [-0.3, -0.25) is 0 Å². The zero-order valence-corrected chi connectivity index (χ0v) is 11.1. The fraction of sp³-hybridized carbons (Fsp3) is 0.923. The lowest BCUT2D eigenvalue weighted by molar-refractivity contribution is 0.161. The Hall–Kier alpha value is -0.590. The Labute approximate surface area is 99.8 Å². The Balaban J connectivity index is 2.62. The van der Waals surface area contributed by atoms with Crippen molar-refractivity contribution in [3.8, 4) is 6.07 Å². The summed E-state index contributed by atoms with van der Waals surface area (Å²) >= 11 is 0. The highest BCUT2D eigenvalue weighted by molar-refractivity contribution is 5.12. The predicted molar refractivity (Wildman–Crippen MR) is 67.2 cm³/mol. The molecule has 92 valence electrons. The van der Waals surface area contributed by atoms with E-state index in [1.165, 1.54) is 12.8 Å². The molecule has 0 saturated heterocycles. The van der Waals surface area contributed by atoms with Gasteiger partial charge in [0.05, 0.1) is 6.07 Å². The van der Waals surface area contributed by atoms with Crippen molar-refractivity contribution < 1.29 is 0 Å². The van der Waals surface area contributed by atoms with Crippen LogP contribution in [0, 0.1) is 11.3 Å². The molecule has 0 radical (unpaired) electrons. The Kier molecular flexibility index (Phi) is 4.76. The van der Waals surface area contributed by atoms with Crippen LogP contribution >= 0.6 is 0 Å². The molecule has 16 heavy (non-hydrogen) atoms. The topological polar surface area (TPSA) is 39.1 Å². The maximum atomic E-state index is 9.24. The van der Waals surface area contributed by atoms with Crippen LogP contribution in [0.25, 0.3) is 0 Å². The molecule has 1 N–H and O–H groups in total. The minimum Gasteiger partial charge on any atom is -0.302 e. The molecule has 1 aliphatic rings. The van der Waals surface area contributed by atoms with Crippen molar-refractivity contribution in [3.63, 3.8) is 0 Å². The van der Waals surface area contributed by atoms with Crippen LogP contribution in [0.2, 0.25) is 0 Å². The van der Waals surface area contributed by atoms with Crippen LogP contribution in [-0.4, -0.2) is 36.6 Å². The van der Waals surface area contributed by atoms with Crippen LogP contribution in [0.15, 0.2) is 0 Å². The van der Waals surface area contributed by atoms with E-state index in [0.717, 1.165) is 19.3 Å². The summed E-state index contributed by atoms with van der Waals surface area (Å²) < 4.78 is 0. The van der Waals surface area contributed by atoms with Crippen LogP contribution in [-0.2, 0) is 0 Å². The Bertz CT molecular complexity index is 254. The first kappa shape index (κ1) is 13.5. The average molecular weight is 223 g/mol. The Morgan fingerprint density at radius 1 is 1.50 bits per heavy atom. The zero-order valence-electron chi connectivity index (χ0n) is 11.1. The van der Waals surface area contributed by atoms with Crippen molar-refractivity contribution in [3.05, 3.63) is 0 Å². The molecule has 1 rings (SSSR count). The fourth-order valence-electron chi connectivity index (χ4n) is 2.91. The number of hydrogen-bond acceptors (Lipinski definition) is 3. The molecule has 0 aromatic heterocycles. The lowest BCUT2D eigenvalue weighted by Gasteiger charge is -2.32. The van der Waals surface area contributed by atoms with Gasteiger partial charge in [0, 0.05) is 12.1 Å². The van der Waals surface area contributed by atoms with E-state index in [-0.39, 0.29) is 5.54 Å². The van der Waals surface area contributed by atoms with Crippen LogP contribution in [0.1, 0.15) is 46.0 Å². The lowest BCUT2D eigenvalue weighted by Crippen LogP contribution is -2.43. The Morgan fingerprint density at radius 3 is 2.50 bits per heavy atom. The van der Waals surface area contributed by atoms with Gasteiger partial charge in [-0.25, -0.2) is 0 Å². The third-order valence-corrected chi connectivity index (χ3v) is 4.28. The molecule has 1 aliphatic carbocycles. The molecular formula is C13H25N3. The standard InChI is InChI=1S/C13H25N3/c1-5-11(6-2)16(4)12-7-8-13(9-12,10-14)15-3/h11-12,15H,5-9H2,1-4H3. The summed E-state index contributed by atoms with van der Waals surface area (Å²) in [6.07, 6.45) is 5.48. The van der Waals surface area contributed by atoms with Crippen molar-refractivity contribution in [1.29, 1.82) is 5.26 Å². The molecule has 0 amide bonds. The van der Waals surface area contributed by atoms with Crippen molar-refractivity contribution in [2.75, 3.05) is 14.1 Å². The van der Waals surface area contributed by atoms with E-state index < -0.39 is 0 Å². The molecule has 0 aromatic carbocycles. The smallest absolute Gasteiger partial charge is 0.108 e. The van der Waals surface area contributed by atoms with E-state index in [4.69, 9.17) is 0 Å². The first-order valence-electron chi connectivity index (χ1n) is 6.44. The summed E-state index contributed by atoms with van der Waals surface area (Å²) in [7, 11) is 4.12. The second kappa shape index (κ2) is 5.65. The van der Waals surface area contributed by atoms with E-state index in [0.29, 0.717) is 12.1 Å². The van der Waals surface area contributed by atoms with Crippen LogP contribution < -0.4 is 5.32 Å².